The molecular weight excluding hydrogens is 428 g/mol. The predicted octanol–water partition coefficient (Wildman–Crippen LogP) is 6.45. The average molecular weight is 457 g/mol. The molecular formula is C8H28F2S6V2. The first-order valence-corrected chi connectivity index (χ1v) is 11.8. The maximum Gasteiger partial charge on any atom is 0 e. The molecule has 0 spiro atoms. The van der Waals surface area contributed by atoms with Crippen LogP contribution >= 0.6 is 64.8 Å². The molecule has 10 heteroatoms. The van der Waals surface area contributed by atoms with Crippen molar-refractivity contribution in [2.24, 2.45) is 0 Å². The van der Waals surface area contributed by atoms with Gasteiger partial charge in [0.05, 0.1) is 0 Å². The van der Waals surface area contributed by atoms with Gasteiger partial charge in [0.25, 0.3) is 0 Å². The minimum Gasteiger partial charge on any atom is -0.269 e. The van der Waals surface area contributed by atoms with Crippen LogP contribution in [-0.4, -0.2) is 37.5 Å². The molecule has 0 aromatic heterocycles. The fourth-order valence-corrected chi connectivity index (χ4v) is 0. The van der Waals surface area contributed by atoms with Crippen LogP contribution in [-0.2, 0) is 37.1 Å². The van der Waals surface area contributed by atoms with Crippen molar-refractivity contribution in [3.05, 3.63) is 0 Å². The Morgan fingerprint density at radius 3 is 0.444 bits per heavy atom. The molecule has 2 radical (unpaired) electrons. The molecule has 0 heterocycles. The molecule has 0 bridgehead atoms. The van der Waals surface area contributed by atoms with Gasteiger partial charge in [-0.05, 0) is 37.5 Å². The average Bonchev–Trinajstić information content (AvgIpc) is 2.18. The minimum atomic E-state index is 0. The van der Waals surface area contributed by atoms with Gasteiger partial charge >= 0.3 is 0 Å². The van der Waals surface area contributed by atoms with Gasteiger partial charge in [0.2, 0.25) is 0 Å². The van der Waals surface area contributed by atoms with E-state index in [1.54, 1.807) is 64.8 Å². The van der Waals surface area contributed by atoms with Crippen LogP contribution in [0.5, 0.6) is 0 Å². The van der Waals surface area contributed by atoms with Gasteiger partial charge in [-0.3, -0.25) is 9.41 Å². The molecule has 0 N–H and O–H groups in total. The zero-order chi connectivity index (χ0) is 10.2. The Morgan fingerprint density at radius 1 is 0.389 bits per heavy atom. The molecule has 0 saturated heterocycles. The molecule has 0 saturated carbocycles. The molecule has 0 nitrogen and oxygen atoms in total. The first kappa shape index (κ1) is 58.2. The Kier molecular flexibility index (Phi) is 286. The summed E-state index contributed by atoms with van der Waals surface area (Å²) in [6.45, 7) is 0. The van der Waals surface area contributed by atoms with E-state index in [4.69, 9.17) is 0 Å². The van der Waals surface area contributed by atoms with Gasteiger partial charge in [-0.1, -0.05) is 79.6 Å². The van der Waals surface area contributed by atoms with Crippen LogP contribution in [0.3, 0.4) is 0 Å². The molecule has 120 valence electrons. The number of halogens is 2. The molecule has 0 unspecified atom stereocenters. The number of hydrogen-bond acceptors (Lipinski definition) is 6. The van der Waals surface area contributed by atoms with E-state index in [1.807, 2.05) is 0 Å². The Hall–Kier alpha value is 3.13. The maximum absolute atomic E-state index is 2.06. The smallest absolute Gasteiger partial charge is 0 e. The Morgan fingerprint density at radius 2 is 0.444 bits per heavy atom. The van der Waals surface area contributed by atoms with Gasteiger partial charge in [-0.2, -0.15) is 0 Å². The van der Waals surface area contributed by atoms with Crippen LogP contribution in [0.2, 0.25) is 0 Å². The third-order valence-electron chi connectivity index (χ3n) is 0.500. The van der Waals surface area contributed by atoms with E-state index in [0.717, 1.165) is 0 Å². The van der Waals surface area contributed by atoms with Crippen molar-refractivity contribution < 1.29 is 46.5 Å². The third-order valence-corrected chi connectivity index (χ3v) is 4.50. The second kappa shape index (κ2) is 88.4. The van der Waals surface area contributed by atoms with E-state index >= 15 is 0 Å². The molecule has 0 aliphatic heterocycles. The van der Waals surface area contributed by atoms with E-state index in [1.165, 1.54) is 0 Å². The summed E-state index contributed by atoms with van der Waals surface area (Å²) in [5.74, 6) is 0. The van der Waals surface area contributed by atoms with Crippen molar-refractivity contribution in [3.63, 3.8) is 0 Å². The molecule has 0 aliphatic carbocycles. The van der Waals surface area contributed by atoms with Crippen LogP contribution < -0.4 is 0 Å². The molecule has 0 aromatic carbocycles. The normalized spacial score (nSPS) is 5.00. The van der Waals surface area contributed by atoms with E-state index in [2.05, 4.69) is 37.5 Å². The summed E-state index contributed by atoms with van der Waals surface area (Å²) < 4.78 is 0. The summed E-state index contributed by atoms with van der Waals surface area (Å²) in [6.07, 6.45) is 12.4. The fourth-order valence-electron chi connectivity index (χ4n) is 0. The molecule has 18 heavy (non-hydrogen) atoms. The predicted molar refractivity (Wildman–Crippen MR) is 99.6 cm³/mol. The van der Waals surface area contributed by atoms with Crippen molar-refractivity contribution in [2.45, 2.75) is 14.9 Å². The monoisotopic (exact) mass is 456 g/mol. The Labute approximate surface area is 162 Å². The van der Waals surface area contributed by atoms with E-state index in [0.29, 0.717) is 0 Å². The largest absolute Gasteiger partial charge is 0.269 e. The van der Waals surface area contributed by atoms with Crippen LogP contribution in [0.1, 0.15) is 14.9 Å². The number of hydrogen-bond donors (Lipinski definition) is 0. The first-order valence-electron chi connectivity index (χ1n) is 2.95. The zero-order valence-corrected chi connectivity index (χ0v) is 17.9. The van der Waals surface area contributed by atoms with Crippen LogP contribution in [0.15, 0.2) is 0 Å². The second-order valence-electron chi connectivity index (χ2n) is 1.00. The van der Waals surface area contributed by atoms with E-state index in [-0.39, 0.29) is 61.4 Å². The van der Waals surface area contributed by atoms with Crippen molar-refractivity contribution in [3.8, 4) is 0 Å². The Bertz CT molecular complexity index is 47.1. The molecule has 0 amide bonds. The third kappa shape index (κ3) is 167. The van der Waals surface area contributed by atoms with Gasteiger partial charge in [-0.25, -0.2) is 0 Å². The second-order valence-corrected chi connectivity index (χ2v) is 9.00. The summed E-state index contributed by atoms with van der Waals surface area (Å²) >= 11 is 0. The van der Waals surface area contributed by atoms with Crippen LogP contribution in [0.4, 0.5) is 9.41 Å². The van der Waals surface area contributed by atoms with Gasteiger partial charge in [-0.15, -0.1) is 0 Å². The molecule has 0 rings (SSSR count). The molecule has 0 fully saturated rings. The Balaban J connectivity index is -0.00000000827. The van der Waals surface area contributed by atoms with Crippen LogP contribution in [0, 0.1) is 0 Å². The number of rotatable bonds is 3. The summed E-state index contributed by atoms with van der Waals surface area (Å²) in [6, 6.07) is 0. The van der Waals surface area contributed by atoms with Gasteiger partial charge in [0.15, 0.2) is 0 Å². The maximum atomic E-state index is 2.06. The molecule has 0 atom stereocenters. The summed E-state index contributed by atoms with van der Waals surface area (Å²) in [5.41, 5.74) is 0. The zero-order valence-electron chi connectivity index (χ0n) is 10.2. The first-order chi connectivity index (χ1) is 5.74. The van der Waals surface area contributed by atoms with Crippen molar-refractivity contribution in [1.82, 2.24) is 0 Å². The summed E-state index contributed by atoms with van der Waals surface area (Å²) in [7, 11) is 10.6. The quantitative estimate of drug-likeness (QED) is 0.444. The fraction of sp³-hybridized carbons (Fsp3) is 1.00. The topological polar surface area (TPSA) is 0 Å². The van der Waals surface area contributed by atoms with Crippen molar-refractivity contribution >= 4 is 64.8 Å². The van der Waals surface area contributed by atoms with Gasteiger partial charge < -0.3 is 0 Å². The van der Waals surface area contributed by atoms with Crippen LogP contribution in [0.25, 0.3) is 0 Å². The van der Waals surface area contributed by atoms with E-state index in [9.17, 15) is 0 Å². The SMILES string of the molecule is C.C.CSSC.CSSC.CSSC.F.F.[V].[V]. The minimum absolute atomic E-state index is 0. The van der Waals surface area contributed by atoms with Crippen molar-refractivity contribution in [1.29, 1.82) is 0 Å². The summed E-state index contributed by atoms with van der Waals surface area (Å²) in [5, 5.41) is 0. The summed E-state index contributed by atoms with van der Waals surface area (Å²) in [4.78, 5) is 0. The van der Waals surface area contributed by atoms with Gasteiger partial charge in [0.1, 0.15) is 0 Å². The molecule has 0 aromatic rings. The standard InChI is InChI=1S/3C2H6S2.2CH4.2FH.2V/c3*1-3-4-2;;;;;;/h3*1-2H3;2*1H4;2*1H;;. The van der Waals surface area contributed by atoms with Crippen molar-refractivity contribution in [2.75, 3.05) is 37.5 Å². The molecule has 0 aliphatic rings. The van der Waals surface area contributed by atoms with E-state index < -0.39 is 0 Å². The van der Waals surface area contributed by atoms with Gasteiger partial charge in [0, 0.05) is 37.1 Å².